The standard InChI is InChI=1S/C19H25F3N2O3/c1-18(2)10-12(11-24(18)17(26)19(20,21)22)4-9-15(23)13-5-7-14(8-6-13)16(25)27-3/h5-8,12,15H,4,9-11,23H2,1-3H3/t12-,15?/m0/s1. The molecule has 0 radical (unpaired) electrons. The number of benzene rings is 1. The normalized spacial score (nSPS) is 20.4. The molecule has 2 rings (SSSR count). The highest BCUT2D eigenvalue weighted by Crippen LogP contribution is 2.38. The molecule has 1 aromatic carbocycles. The Kier molecular flexibility index (Phi) is 6.19. The number of alkyl halides is 3. The smallest absolute Gasteiger partial charge is 0.465 e. The molecule has 0 saturated carbocycles. The second-order valence-electron chi connectivity index (χ2n) is 7.59. The van der Waals surface area contributed by atoms with E-state index in [9.17, 15) is 22.8 Å². The third kappa shape index (κ3) is 5.00. The van der Waals surface area contributed by atoms with Crippen LogP contribution in [0.25, 0.3) is 0 Å². The Balaban J connectivity index is 1.95. The molecular weight excluding hydrogens is 361 g/mol. The van der Waals surface area contributed by atoms with E-state index in [1.807, 2.05) is 0 Å². The van der Waals surface area contributed by atoms with Gasteiger partial charge >= 0.3 is 18.1 Å². The lowest BCUT2D eigenvalue weighted by Crippen LogP contribution is -2.48. The average Bonchev–Trinajstić information content (AvgIpc) is 2.91. The van der Waals surface area contributed by atoms with Gasteiger partial charge in [-0.25, -0.2) is 4.79 Å². The number of ether oxygens (including phenoxy) is 1. The lowest BCUT2D eigenvalue weighted by Gasteiger charge is -2.31. The van der Waals surface area contributed by atoms with Crippen molar-refractivity contribution in [2.75, 3.05) is 13.7 Å². The lowest BCUT2D eigenvalue weighted by atomic mass is 9.90. The Hall–Kier alpha value is -2.09. The zero-order chi connectivity index (χ0) is 20.4. The maximum absolute atomic E-state index is 12.8. The van der Waals surface area contributed by atoms with Crippen molar-refractivity contribution in [2.45, 2.75) is 50.9 Å². The summed E-state index contributed by atoms with van der Waals surface area (Å²) in [7, 11) is 1.30. The molecule has 27 heavy (non-hydrogen) atoms. The highest BCUT2D eigenvalue weighted by molar-refractivity contribution is 5.89. The SMILES string of the molecule is COC(=O)c1ccc(C(N)CC[C@@H]2CN(C(=O)C(F)(F)F)C(C)(C)C2)cc1. The molecule has 2 N–H and O–H groups in total. The van der Waals surface area contributed by atoms with Gasteiger partial charge in [0.2, 0.25) is 0 Å². The first-order valence-corrected chi connectivity index (χ1v) is 8.78. The van der Waals surface area contributed by atoms with Crippen molar-refractivity contribution in [3.05, 3.63) is 35.4 Å². The van der Waals surface area contributed by atoms with E-state index in [1.165, 1.54) is 7.11 Å². The summed E-state index contributed by atoms with van der Waals surface area (Å²) >= 11 is 0. The zero-order valence-corrected chi connectivity index (χ0v) is 15.7. The predicted molar refractivity (Wildman–Crippen MR) is 93.9 cm³/mol. The van der Waals surface area contributed by atoms with Crippen molar-refractivity contribution in [3.8, 4) is 0 Å². The minimum atomic E-state index is -4.86. The molecule has 1 aliphatic heterocycles. The first kappa shape index (κ1) is 21.2. The van der Waals surface area contributed by atoms with E-state index in [0.29, 0.717) is 24.8 Å². The summed E-state index contributed by atoms with van der Waals surface area (Å²) in [4.78, 5) is 24.0. The van der Waals surface area contributed by atoms with Gasteiger partial charge in [-0.1, -0.05) is 12.1 Å². The van der Waals surface area contributed by atoms with Crippen LogP contribution in [0.1, 0.15) is 55.1 Å². The monoisotopic (exact) mass is 386 g/mol. The number of carbonyl (C=O) groups excluding carboxylic acids is 2. The number of methoxy groups -OCH3 is 1. The number of amides is 1. The zero-order valence-electron chi connectivity index (χ0n) is 15.7. The Morgan fingerprint density at radius 2 is 1.89 bits per heavy atom. The molecule has 1 heterocycles. The maximum atomic E-state index is 12.8. The van der Waals surface area contributed by atoms with Gasteiger partial charge in [-0.3, -0.25) is 4.79 Å². The van der Waals surface area contributed by atoms with Crippen LogP contribution in [0.4, 0.5) is 13.2 Å². The number of nitrogens with zero attached hydrogens (tertiary/aromatic N) is 1. The fourth-order valence-corrected chi connectivity index (χ4v) is 3.66. The molecule has 150 valence electrons. The number of esters is 1. The third-order valence-electron chi connectivity index (χ3n) is 5.09. The van der Waals surface area contributed by atoms with Crippen LogP contribution in [-0.2, 0) is 9.53 Å². The summed E-state index contributed by atoms with van der Waals surface area (Å²) in [6, 6.07) is 6.45. The Labute approximate surface area is 156 Å². The van der Waals surface area contributed by atoms with Crippen LogP contribution in [-0.4, -0.2) is 42.1 Å². The van der Waals surface area contributed by atoms with Crippen LogP contribution in [0.3, 0.4) is 0 Å². The molecule has 1 amide bonds. The largest absolute Gasteiger partial charge is 0.471 e. The molecule has 2 atom stereocenters. The first-order chi connectivity index (χ1) is 12.5. The number of rotatable bonds is 5. The van der Waals surface area contributed by atoms with Crippen molar-refractivity contribution >= 4 is 11.9 Å². The number of halogens is 3. The molecule has 1 aromatic rings. The fourth-order valence-electron chi connectivity index (χ4n) is 3.66. The first-order valence-electron chi connectivity index (χ1n) is 8.78. The quantitative estimate of drug-likeness (QED) is 0.787. The van der Waals surface area contributed by atoms with E-state index in [2.05, 4.69) is 4.74 Å². The Morgan fingerprint density at radius 1 is 1.30 bits per heavy atom. The minimum absolute atomic E-state index is 0.0355. The van der Waals surface area contributed by atoms with Gasteiger partial charge in [0.05, 0.1) is 12.7 Å². The second-order valence-corrected chi connectivity index (χ2v) is 7.59. The topological polar surface area (TPSA) is 72.6 Å². The number of carbonyl (C=O) groups is 2. The molecule has 0 aromatic heterocycles. The summed E-state index contributed by atoms with van der Waals surface area (Å²) in [5.74, 6) is -2.25. The highest BCUT2D eigenvalue weighted by atomic mass is 19.4. The second kappa shape index (κ2) is 7.88. The summed E-state index contributed by atoms with van der Waals surface area (Å²) < 4.78 is 43.0. The number of hydrogen-bond acceptors (Lipinski definition) is 4. The molecule has 1 aliphatic rings. The molecule has 0 bridgehead atoms. The van der Waals surface area contributed by atoms with Crippen molar-refractivity contribution < 1.29 is 27.5 Å². The summed E-state index contributed by atoms with van der Waals surface area (Å²) in [5, 5.41) is 0. The van der Waals surface area contributed by atoms with E-state index in [-0.39, 0.29) is 18.5 Å². The summed E-state index contributed by atoms with van der Waals surface area (Å²) in [6.45, 7) is 3.39. The van der Waals surface area contributed by atoms with Crippen molar-refractivity contribution in [1.82, 2.24) is 4.90 Å². The van der Waals surface area contributed by atoms with Gasteiger partial charge in [0, 0.05) is 18.1 Å². The van der Waals surface area contributed by atoms with Crippen LogP contribution in [0.2, 0.25) is 0 Å². The molecular formula is C19H25F3N2O3. The van der Waals surface area contributed by atoms with Gasteiger partial charge in [0.15, 0.2) is 0 Å². The van der Waals surface area contributed by atoms with E-state index in [1.54, 1.807) is 38.1 Å². The Bertz CT molecular complexity index is 686. The van der Waals surface area contributed by atoms with Gasteiger partial charge < -0.3 is 15.4 Å². The number of likely N-dealkylation sites (tertiary alicyclic amines) is 1. The van der Waals surface area contributed by atoms with Gasteiger partial charge in [-0.05, 0) is 56.7 Å². The lowest BCUT2D eigenvalue weighted by molar-refractivity contribution is -0.188. The van der Waals surface area contributed by atoms with Gasteiger partial charge in [0.1, 0.15) is 0 Å². The molecule has 0 spiro atoms. The number of nitrogens with two attached hydrogens (primary N) is 1. The van der Waals surface area contributed by atoms with Crippen LogP contribution in [0, 0.1) is 5.92 Å². The van der Waals surface area contributed by atoms with E-state index >= 15 is 0 Å². The van der Waals surface area contributed by atoms with Gasteiger partial charge in [-0.15, -0.1) is 0 Å². The molecule has 8 heteroatoms. The van der Waals surface area contributed by atoms with Gasteiger partial charge in [0.25, 0.3) is 0 Å². The predicted octanol–water partition coefficient (Wildman–Crippen LogP) is 3.44. The van der Waals surface area contributed by atoms with E-state index in [4.69, 9.17) is 5.73 Å². The number of hydrogen-bond donors (Lipinski definition) is 1. The Morgan fingerprint density at radius 3 is 2.41 bits per heavy atom. The summed E-state index contributed by atoms with van der Waals surface area (Å²) in [5.41, 5.74) is 6.62. The molecule has 1 unspecified atom stereocenters. The van der Waals surface area contributed by atoms with E-state index < -0.39 is 23.6 Å². The van der Waals surface area contributed by atoms with Crippen LogP contribution >= 0.6 is 0 Å². The third-order valence-corrected chi connectivity index (χ3v) is 5.09. The van der Waals surface area contributed by atoms with Crippen molar-refractivity contribution in [3.63, 3.8) is 0 Å². The maximum Gasteiger partial charge on any atom is 0.471 e. The highest BCUT2D eigenvalue weighted by Gasteiger charge is 2.50. The van der Waals surface area contributed by atoms with Crippen molar-refractivity contribution in [1.29, 1.82) is 0 Å². The van der Waals surface area contributed by atoms with Gasteiger partial charge in [-0.2, -0.15) is 13.2 Å². The molecule has 1 saturated heterocycles. The van der Waals surface area contributed by atoms with Crippen molar-refractivity contribution in [2.24, 2.45) is 11.7 Å². The molecule has 5 nitrogen and oxygen atoms in total. The molecule has 0 aliphatic carbocycles. The van der Waals surface area contributed by atoms with Crippen LogP contribution in [0.5, 0.6) is 0 Å². The van der Waals surface area contributed by atoms with Crippen LogP contribution in [0.15, 0.2) is 24.3 Å². The minimum Gasteiger partial charge on any atom is -0.465 e. The summed E-state index contributed by atoms with van der Waals surface area (Å²) in [6.07, 6.45) is -3.16. The van der Waals surface area contributed by atoms with E-state index in [0.717, 1.165) is 10.5 Å². The fraction of sp³-hybridized carbons (Fsp3) is 0.579. The van der Waals surface area contributed by atoms with Crippen LogP contribution < -0.4 is 5.73 Å². The average molecular weight is 386 g/mol. The molecule has 1 fully saturated rings.